The van der Waals surface area contributed by atoms with E-state index in [0.29, 0.717) is 12.0 Å². The summed E-state index contributed by atoms with van der Waals surface area (Å²) < 4.78 is 2.03. The van der Waals surface area contributed by atoms with Gasteiger partial charge in [0.15, 0.2) is 0 Å². The molecule has 2 aromatic rings. The standard InChI is InChI=1S/C12H21N7/c1-8-6-10(3)19(18-8)7-9(2)14-5-4-11-15-12(13)17-16-11/h6,9,14H,4-5,7H2,1-3H3,(H3,13,15,16,17). The summed E-state index contributed by atoms with van der Waals surface area (Å²) >= 11 is 0. The molecule has 1 unspecified atom stereocenters. The first-order valence-corrected chi connectivity index (χ1v) is 6.46. The number of nitrogens with zero attached hydrogens (tertiary/aromatic N) is 4. The summed E-state index contributed by atoms with van der Waals surface area (Å²) in [4.78, 5) is 4.06. The van der Waals surface area contributed by atoms with Crippen molar-refractivity contribution in [2.45, 2.75) is 39.8 Å². The van der Waals surface area contributed by atoms with Crippen LogP contribution in [0.15, 0.2) is 6.07 Å². The molecule has 0 aromatic carbocycles. The number of nitrogens with two attached hydrogens (primary N) is 1. The highest BCUT2D eigenvalue weighted by Gasteiger charge is 2.07. The van der Waals surface area contributed by atoms with Crippen LogP contribution in [0.4, 0.5) is 5.95 Å². The Morgan fingerprint density at radius 2 is 2.26 bits per heavy atom. The lowest BCUT2D eigenvalue weighted by atomic mass is 10.3. The van der Waals surface area contributed by atoms with Gasteiger partial charge in [0, 0.05) is 24.7 Å². The molecule has 2 heterocycles. The van der Waals surface area contributed by atoms with Crippen LogP contribution >= 0.6 is 0 Å². The van der Waals surface area contributed by atoms with E-state index >= 15 is 0 Å². The summed E-state index contributed by atoms with van der Waals surface area (Å²) in [5.41, 5.74) is 7.69. The Bertz CT molecular complexity index is 528. The number of nitrogen functional groups attached to an aromatic ring is 1. The fourth-order valence-electron chi connectivity index (χ4n) is 2.04. The number of aryl methyl sites for hydroxylation is 2. The summed E-state index contributed by atoms with van der Waals surface area (Å²) in [5, 5.41) is 14.5. The van der Waals surface area contributed by atoms with Crippen molar-refractivity contribution in [2.24, 2.45) is 0 Å². The second-order valence-corrected chi connectivity index (χ2v) is 4.85. The summed E-state index contributed by atoms with van der Waals surface area (Å²) in [6, 6.07) is 2.43. The van der Waals surface area contributed by atoms with Crippen LogP contribution in [0, 0.1) is 13.8 Å². The summed E-state index contributed by atoms with van der Waals surface area (Å²) in [7, 11) is 0. The van der Waals surface area contributed by atoms with E-state index in [1.807, 2.05) is 11.6 Å². The minimum Gasteiger partial charge on any atom is -0.367 e. The fourth-order valence-corrected chi connectivity index (χ4v) is 2.04. The molecule has 19 heavy (non-hydrogen) atoms. The monoisotopic (exact) mass is 263 g/mol. The third-order valence-electron chi connectivity index (χ3n) is 2.95. The van der Waals surface area contributed by atoms with Gasteiger partial charge in [0.2, 0.25) is 5.95 Å². The zero-order chi connectivity index (χ0) is 13.8. The molecule has 0 saturated heterocycles. The van der Waals surface area contributed by atoms with E-state index in [2.05, 4.69) is 45.5 Å². The van der Waals surface area contributed by atoms with Crippen molar-refractivity contribution in [2.75, 3.05) is 12.3 Å². The van der Waals surface area contributed by atoms with Crippen molar-refractivity contribution in [3.63, 3.8) is 0 Å². The number of H-pyrrole nitrogens is 1. The van der Waals surface area contributed by atoms with Crippen LogP contribution in [0.5, 0.6) is 0 Å². The van der Waals surface area contributed by atoms with Crippen LogP contribution in [0.3, 0.4) is 0 Å². The molecule has 4 N–H and O–H groups in total. The Morgan fingerprint density at radius 1 is 1.47 bits per heavy atom. The van der Waals surface area contributed by atoms with Crippen molar-refractivity contribution in [3.05, 3.63) is 23.3 Å². The predicted octanol–water partition coefficient (Wildman–Crippen LogP) is 0.421. The Labute approximate surface area is 112 Å². The van der Waals surface area contributed by atoms with E-state index < -0.39 is 0 Å². The third-order valence-corrected chi connectivity index (χ3v) is 2.95. The molecule has 0 bridgehead atoms. The van der Waals surface area contributed by atoms with Crippen molar-refractivity contribution >= 4 is 5.95 Å². The highest BCUT2D eigenvalue weighted by atomic mass is 15.3. The van der Waals surface area contributed by atoms with E-state index in [0.717, 1.165) is 31.0 Å². The zero-order valence-corrected chi connectivity index (χ0v) is 11.6. The second-order valence-electron chi connectivity index (χ2n) is 4.85. The smallest absolute Gasteiger partial charge is 0.239 e. The third kappa shape index (κ3) is 3.78. The number of hydrogen-bond acceptors (Lipinski definition) is 5. The normalized spacial score (nSPS) is 12.8. The Hall–Kier alpha value is -1.89. The van der Waals surface area contributed by atoms with Gasteiger partial charge in [-0.2, -0.15) is 10.1 Å². The average molecular weight is 263 g/mol. The Balaban J connectivity index is 1.75. The average Bonchev–Trinajstić information content (AvgIpc) is 2.86. The van der Waals surface area contributed by atoms with Gasteiger partial charge in [-0.15, -0.1) is 5.10 Å². The maximum Gasteiger partial charge on any atom is 0.239 e. The molecule has 7 heteroatoms. The topological polar surface area (TPSA) is 97.4 Å². The van der Waals surface area contributed by atoms with Gasteiger partial charge in [-0.05, 0) is 26.8 Å². The Kier molecular flexibility index (Phi) is 4.16. The molecule has 104 valence electrons. The predicted molar refractivity (Wildman–Crippen MR) is 73.7 cm³/mol. The first kappa shape index (κ1) is 13.5. The number of rotatable bonds is 6. The van der Waals surface area contributed by atoms with Gasteiger partial charge in [0.1, 0.15) is 5.82 Å². The van der Waals surface area contributed by atoms with Crippen molar-refractivity contribution < 1.29 is 0 Å². The molecule has 0 aliphatic rings. The number of aromatic nitrogens is 5. The highest BCUT2D eigenvalue weighted by molar-refractivity contribution is 5.12. The minimum absolute atomic E-state index is 0.297. The molecular formula is C12H21N7. The van der Waals surface area contributed by atoms with E-state index in [4.69, 9.17) is 5.73 Å². The maximum absolute atomic E-state index is 5.45. The fraction of sp³-hybridized carbons (Fsp3) is 0.583. The van der Waals surface area contributed by atoms with Crippen molar-refractivity contribution in [3.8, 4) is 0 Å². The Morgan fingerprint density at radius 3 is 2.84 bits per heavy atom. The van der Waals surface area contributed by atoms with Gasteiger partial charge < -0.3 is 11.1 Å². The molecule has 2 rings (SSSR count). The summed E-state index contributed by atoms with van der Waals surface area (Å²) in [5.74, 6) is 1.11. The van der Waals surface area contributed by atoms with E-state index in [1.54, 1.807) is 0 Å². The molecule has 0 radical (unpaired) electrons. The number of anilines is 1. The highest BCUT2D eigenvalue weighted by Crippen LogP contribution is 2.03. The van der Waals surface area contributed by atoms with E-state index in [9.17, 15) is 0 Å². The first-order valence-electron chi connectivity index (χ1n) is 6.46. The van der Waals surface area contributed by atoms with Crippen LogP contribution in [0.2, 0.25) is 0 Å². The molecule has 0 aliphatic heterocycles. The molecule has 0 saturated carbocycles. The molecule has 2 aromatic heterocycles. The largest absolute Gasteiger partial charge is 0.367 e. The van der Waals surface area contributed by atoms with Crippen LogP contribution in [0.25, 0.3) is 0 Å². The lowest BCUT2D eigenvalue weighted by Crippen LogP contribution is -2.32. The van der Waals surface area contributed by atoms with Gasteiger partial charge in [-0.25, -0.2) is 0 Å². The van der Waals surface area contributed by atoms with Crippen LogP contribution in [-0.2, 0) is 13.0 Å². The van der Waals surface area contributed by atoms with Gasteiger partial charge in [0.05, 0.1) is 12.2 Å². The summed E-state index contributed by atoms with van der Waals surface area (Å²) in [6.07, 6.45) is 0.783. The molecule has 0 fully saturated rings. The lowest BCUT2D eigenvalue weighted by Gasteiger charge is -2.14. The van der Waals surface area contributed by atoms with Crippen LogP contribution in [-0.4, -0.2) is 37.5 Å². The van der Waals surface area contributed by atoms with Gasteiger partial charge in [-0.3, -0.25) is 9.78 Å². The van der Waals surface area contributed by atoms with Crippen molar-refractivity contribution in [1.82, 2.24) is 30.3 Å². The molecule has 1 atom stereocenters. The quantitative estimate of drug-likeness (QED) is 0.702. The van der Waals surface area contributed by atoms with Crippen LogP contribution < -0.4 is 11.1 Å². The van der Waals surface area contributed by atoms with Gasteiger partial charge in [0.25, 0.3) is 0 Å². The lowest BCUT2D eigenvalue weighted by molar-refractivity contribution is 0.445. The molecular weight excluding hydrogens is 242 g/mol. The number of hydrogen-bond donors (Lipinski definition) is 3. The van der Waals surface area contributed by atoms with E-state index in [1.165, 1.54) is 5.69 Å². The first-order chi connectivity index (χ1) is 9.04. The van der Waals surface area contributed by atoms with Crippen LogP contribution in [0.1, 0.15) is 24.1 Å². The summed E-state index contributed by atoms with van der Waals surface area (Å²) in [6.45, 7) is 7.92. The SMILES string of the molecule is Cc1cc(C)n(CC(C)NCCc2nc(N)n[nH]2)n1. The number of aromatic amines is 1. The van der Waals surface area contributed by atoms with Crippen molar-refractivity contribution in [1.29, 1.82) is 0 Å². The second kappa shape index (κ2) is 5.83. The van der Waals surface area contributed by atoms with Gasteiger partial charge >= 0.3 is 0 Å². The molecule has 0 amide bonds. The van der Waals surface area contributed by atoms with Gasteiger partial charge in [-0.1, -0.05) is 0 Å². The van der Waals surface area contributed by atoms with E-state index in [-0.39, 0.29) is 0 Å². The molecule has 0 spiro atoms. The molecule has 0 aliphatic carbocycles. The minimum atomic E-state index is 0.297. The maximum atomic E-state index is 5.45. The molecule has 7 nitrogen and oxygen atoms in total. The number of nitrogens with one attached hydrogen (secondary N) is 2. The zero-order valence-electron chi connectivity index (χ0n) is 11.6.